The second-order valence-electron chi connectivity index (χ2n) is 6.02. The van der Waals surface area contributed by atoms with E-state index in [0.29, 0.717) is 11.8 Å². The van der Waals surface area contributed by atoms with Crippen molar-refractivity contribution in [1.29, 1.82) is 0 Å². The summed E-state index contributed by atoms with van der Waals surface area (Å²) in [5.41, 5.74) is 2.33. The van der Waals surface area contributed by atoms with Crippen molar-refractivity contribution in [2.45, 2.75) is 51.7 Å². The minimum absolute atomic E-state index is 0.276. The number of rotatable bonds is 2. The highest BCUT2D eigenvalue weighted by molar-refractivity contribution is 5.41. The predicted octanol–water partition coefficient (Wildman–Crippen LogP) is 3.48. The Bertz CT molecular complexity index is 441. The molecule has 2 heteroatoms. The van der Waals surface area contributed by atoms with Crippen molar-refractivity contribution in [2.24, 2.45) is 11.8 Å². The lowest BCUT2D eigenvalue weighted by atomic mass is 9.87. The van der Waals surface area contributed by atoms with Gasteiger partial charge in [-0.3, -0.25) is 0 Å². The first-order valence-corrected chi connectivity index (χ1v) is 7.12. The van der Waals surface area contributed by atoms with E-state index in [4.69, 9.17) is 4.74 Å². The lowest BCUT2D eigenvalue weighted by Crippen LogP contribution is -2.15. The average Bonchev–Trinajstić information content (AvgIpc) is 2.91. The molecule has 0 spiro atoms. The van der Waals surface area contributed by atoms with Crippen molar-refractivity contribution in [1.82, 2.24) is 0 Å². The minimum Gasteiger partial charge on any atom is -0.490 e. The van der Waals surface area contributed by atoms with Gasteiger partial charge in [0.15, 0.2) is 0 Å². The van der Waals surface area contributed by atoms with Gasteiger partial charge < -0.3 is 9.84 Å². The normalized spacial score (nSPS) is 32.1. The fraction of sp³-hybridized carbons (Fsp3) is 0.625. The number of aliphatic hydroxyl groups is 1. The Morgan fingerprint density at radius 3 is 2.83 bits per heavy atom. The molecule has 0 amide bonds. The van der Waals surface area contributed by atoms with E-state index in [1.807, 2.05) is 12.1 Å². The second-order valence-corrected chi connectivity index (χ2v) is 6.02. The largest absolute Gasteiger partial charge is 0.490 e. The highest BCUT2D eigenvalue weighted by Crippen LogP contribution is 2.41. The molecule has 1 aliphatic heterocycles. The fourth-order valence-corrected chi connectivity index (χ4v) is 3.52. The highest BCUT2D eigenvalue weighted by atomic mass is 16.5. The number of ether oxygens (including phenoxy) is 1. The Hall–Kier alpha value is -1.02. The van der Waals surface area contributed by atoms with Gasteiger partial charge >= 0.3 is 0 Å². The van der Waals surface area contributed by atoms with Crippen molar-refractivity contribution in [3.63, 3.8) is 0 Å². The molecule has 1 aliphatic carbocycles. The molecule has 2 aliphatic rings. The van der Waals surface area contributed by atoms with E-state index in [9.17, 15) is 5.11 Å². The molecule has 18 heavy (non-hydrogen) atoms. The number of fused-ring (bicyclic) bond motifs is 1. The van der Waals surface area contributed by atoms with E-state index in [2.05, 4.69) is 19.9 Å². The third-order valence-electron chi connectivity index (χ3n) is 4.59. The zero-order valence-corrected chi connectivity index (χ0v) is 11.2. The van der Waals surface area contributed by atoms with Crippen LogP contribution < -0.4 is 4.74 Å². The van der Waals surface area contributed by atoms with Crippen LogP contribution in [-0.2, 0) is 6.42 Å². The molecule has 0 radical (unpaired) electrons. The van der Waals surface area contributed by atoms with Gasteiger partial charge in [0.25, 0.3) is 0 Å². The summed E-state index contributed by atoms with van der Waals surface area (Å²) in [5, 5.41) is 10.5. The number of aliphatic hydroxyl groups excluding tert-OH is 1. The van der Waals surface area contributed by atoms with Gasteiger partial charge in [-0.1, -0.05) is 25.8 Å². The van der Waals surface area contributed by atoms with E-state index in [1.54, 1.807) is 0 Å². The van der Waals surface area contributed by atoms with Gasteiger partial charge in [-0.25, -0.2) is 0 Å². The van der Waals surface area contributed by atoms with Gasteiger partial charge in [0.2, 0.25) is 0 Å². The summed E-state index contributed by atoms with van der Waals surface area (Å²) >= 11 is 0. The zero-order chi connectivity index (χ0) is 12.7. The van der Waals surface area contributed by atoms with Gasteiger partial charge in [-0.2, -0.15) is 0 Å². The van der Waals surface area contributed by atoms with Crippen molar-refractivity contribution in [2.75, 3.05) is 0 Å². The maximum absolute atomic E-state index is 10.5. The summed E-state index contributed by atoms with van der Waals surface area (Å²) in [5.74, 6) is 2.07. The molecule has 0 bridgehead atoms. The van der Waals surface area contributed by atoms with E-state index in [1.165, 1.54) is 18.4 Å². The zero-order valence-electron chi connectivity index (χ0n) is 11.2. The van der Waals surface area contributed by atoms with Crippen LogP contribution >= 0.6 is 0 Å². The lowest BCUT2D eigenvalue weighted by Gasteiger charge is -2.22. The standard InChI is InChI=1S/C16H22O2/c1-10-4-3-5-14(10)16(17)12-6-7-15-13(9-12)8-11(2)18-15/h6-7,9-11,14,16-17H,3-5,8H2,1-2H3. The summed E-state index contributed by atoms with van der Waals surface area (Å²) in [6, 6.07) is 6.21. The van der Waals surface area contributed by atoms with Gasteiger partial charge in [0.1, 0.15) is 11.9 Å². The third kappa shape index (κ3) is 2.03. The maximum atomic E-state index is 10.5. The Morgan fingerprint density at radius 1 is 1.28 bits per heavy atom. The van der Waals surface area contributed by atoms with Gasteiger partial charge in [0, 0.05) is 6.42 Å². The first-order chi connectivity index (χ1) is 8.65. The van der Waals surface area contributed by atoms with Crippen LogP contribution in [0, 0.1) is 11.8 Å². The molecule has 1 aromatic carbocycles. The van der Waals surface area contributed by atoms with Crippen LogP contribution in [-0.4, -0.2) is 11.2 Å². The van der Waals surface area contributed by atoms with Crippen molar-refractivity contribution < 1.29 is 9.84 Å². The minimum atomic E-state index is -0.302. The van der Waals surface area contributed by atoms with E-state index >= 15 is 0 Å². The van der Waals surface area contributed by atoms with Crippen LogP contribution in [0.25, 0.3) is 0 Å². The van der Waals surface area contributed by atoms with Crippen molar-refractivity contribution in [3.8, 4) is 5.75 Å². The summed E-state index contributed by atoms with van der Waals surface area (Å²) in [4.78, 5) is 0. The Labute approximate surface area is 109 Å². The number of benzene rings is 1. The Kier molecular flexibility index (Phi) is 3.06. The quantitative estimate of drug-likeness (QED) is 0.865. The molecule has 4 unspecified atom stereocenters. The molecule has 4 atom stereocenters. The van der Waals surface area contributed by atoms with E-state index < -0.39 is 0 Å². The summed E-state index contributed by atoms with van der Waals surface area (Å²) < 4.78 is 5.71. The van der Waals surface area contributed by atoms with Crippen molar-refractivity contribution in [3.05, 3.63) is 29.3 Å². The summed E-state index contributed by atoms with van der Waals surface area (Å²) in [6.07, 6.45) is 4.62. The SMILES string of the molecule is CC1Cc2cc(C(O)C3CCCC3C)ccc2O1. The number of hydrogen-bond acceptors (Lipinski definition) is 2. The first kappa shape index (κ1) is 12.0. The molecular formula is C16H22O2. The van der Waals surface area contributed by atoms with E-state index in [0.717, 1.165) is 24.2 Å². The maximum Gasteiger partial charge on any atom is 0.123 e. The fourth-order valence-electron chi connectivity index (χ4n) is 3.52. The molecule has 98 valence electrons. The summed E-state index contributed by atoms with van der Waals surface area (Å²) in [7, 11) is 0. The molecule has 3 rings (SSSR count). The second kappa shape index (κ2) is 4.58. The summed E-state index contributed by atoms with van der Waals surface area (Å²) in [6.45, 7) is 4.36. The molecular weight excluding hydrogens is 224 g/mol. The Morgan fingerprint density at radius 2 is 2.11 bits per heavy atom. The molecule has 1 N–H and O–H groups in total. The molecule has 0 aromatic heterocycles. The molecule has 1 heterocycles. The molecule has 2 nitrogen and oxygen atoms in total. The van der Waals surface area contributed by atoms with Gasteiger partial charge in [0.05, 0.1) is 6.10 Å². The van der Waals surface area contributed by atoms with Crippen LogP contribution in [0.15, 0.2) is 18.2 Å². The monoisotopic (exact) mass is 246 g/mol. The number of hydrogen-bond donors (Lipinski definition) is 1. The van der Waals surface area contributed by atoms with Gasteiger partial charge in [-0.15, -0.1) is 0 Å². The average molecular weight is 246 g/mol. The smallest absolute Gasteiger partial charge is 0.123 e. The lowest BCUT2D eigenvalue weighted by molar-refractivity contribution is 0.0900. The molecule has 1 aromatic rings. The van der Waals surface area contributed by atoms with E-state index in [-0.39, 0.29) is 12.2 Å². The van der Waals surface area contributed by atoms with Crippen LogP contribution in [0.1, 0.15) is 50.3 Å². The van der Waals surface area contributed by atoms with Crippen LogP contribution in [0.4, 0.5) is 0 Å². The van der Waals surface area contributed by atoms with Crippen LogP contribution in [0.3, 0.4) is 0 Å². The highest BCUT2D eigenvalue weighted by Gasteiger charge is 2.31. The van der Waals surface area contributed by atoms with Crippen LogP contribution in [0.5, 0.6) is 5.75 Å². The first-order valence-electron chi connectivity index (χ1n) is 7.12. The molecule has 1 fully saturated rings. The van der Waals surface area contributed by atoms with Crippen molar-refractivity contribution >= 4 is 0 Å². The molecule has 0 saturated heterocycles. The van der Waals surface area contributed by atoms with Crippen LogP contribution in [0.2, 0.25) is 0 Å². The Balaban J connectivity index is 1.82. The predicted molar refractivity (Wildman–Crippen MR) is 71.7 cm³/mol. The van der Waals surface area contributed by atoms with Gasteiger partial charge in [-0.05, 0) is 48.4 Å². The topological polar surface area (TPSA) is 29.5 Å². The third-order valence-corrected chi connectivity index (χ3v) is 4.59. The molecule has 1 saturated carbocycles.